The minimum absolute atomic E-state index is 0.486. The first-order chi connectivity index (χ1) is 5.54. The highest BCUT2D eigenvalue weighted by atomic mass is 16.5. The molecule has 4 nitrogen and oxygen atoms in total. The Bertz CT molecular complexity index is 129. The molecule has 0 heterocycles. The quantitative estimate of drug-likeness (QED) is 0.438. The molecule has 0 bridgehead atoms. The first-order valence-corrected chi connectivity index (χ1v) is 3.76. The van der Waals surface area contributed by atoms with E-state index in [0.717, 1.165) is 12.5 Å². The molecule has 0 unspecified atom stereocenters. The van der Waals surface area contributed by atoms with E-state index < -0.39 is 12.3 Å². The predicted octanol–water partition coefficient (Wildman–Crippen LogP) is 0.744. The Kier molecular flexibility index (Phi) is 11.6. The standard InChI is InChI=1S/C4H10O2.C4H6O2/c2*1-2-3-4(5)6/h4-6H,2-3H2,1H3;2-3H,1H3,(H,5,6)/b;3-2+. The molecule has 0 rings (SSSR count). The van der Waals surface area contributed by atoms with Crippen LogP contribution in [0.4, 0.5) is 0 Å². The minimum atomic E-state index is -1.10. The number of aliphatic hydroxyl groups is 2. The maximum atomic E-state index is 9.51. The highest BCUT2D eigenvalue weighted by Crippen LogP contribution is 1.88. The molecule has 0 amide bonds. The Balaban J connectivity index is 0. The minimum Gasteiger partial charge on any atom is -0.478 e. The summed E-state index contributed by atoms with van der Waals surface area (Å²) in [4.78, 5) is 9.51. The second kappa shape index (κ2) is 10.1. The number of carboxylic acids is 1. The van der Waals surface area contributed by atoms with E-state index in [9.17, 15) is 4.79 Å². The Morgan fingerprint density at radius 3 is 2.00 bits per heavy atom. The largest absolute Gasteiger partial charge is 0.478 e. The van der Waals surface area contributed by atoms with Crippen molar-refractivity contribution < 1.29 is 20.1 Å². The Hall–Kier alpha value is -0.870. The van der Waals surface area contributed by atoms with Crippen LogP contribution in [-0.4, -0.2) is 27.6 Å². The number of hydrogen-bond acceptors (Lipinski definition) is 3. The number of carboxylic acid groups (broad SMARTS) is 1. The van der Waals surface area contributed by atoms with Crippen LogP contribution in [0.15, 0.2) is 12.2 Å². The monoisotopic (exact) mass is 176 g/mol. The van der Waals surface area contributed by atoms with Gasteiger partial charge in [0.2, 0.25) is 0 Å². The molecule has 0 aliphatic carbocycles. The van der Waals surface area contributed by atoms with Gasteiger partial charge in [-0.1, -0.05) is 19.4 Å². The molecule has 0 fully saturated rings. The van der Waals surface area contributed by atoms with E-state index in [0.29, 0.717) is 6.42 Å². The number of aliphatic carboxylic acids is 1. The topological polar surface area (TPSA) is 77.8 Å². The lowest BCUT2D eigenvalue weighted by Crippen LogP contribution is -2.01. The summed E-state index contributed by atoms with van der Waals surface area (Å²) in [6.07, 6.45) is 2.77. The van der Waals surface area contributed by atoms with Crippen molar-refractivity contribution in [2.24, 2.45) is 0 Å². The Morgan fingerprint density at radius 2 is 2.00 bits per heavy atom. The maximum Gasteiger partial charge on any atom is 0.327 e. The van der Waals surface area contributed by atoms with E-state index in [-0.39, 0.29) is 0 Å². The number of rotatable bonds is 3. The van der Waals surface area contributed by atoms with Gasteiger partial charge in [0.15, 0.2) is 6.29 Å². The van der Waals surface area contributed by atoms with Gasteiger partial charge in [0, 0.05) is 6.08 Å². The fourth-order valence-corrected chi connectivity index (χ4v) is 0.401. The molecule has 0 aromatic carbocycles. The van der Waals surface area contributed by atoms with Crippen molar-refractivity contribution in [1.82, 2.24) is 0 Å². The van der Waals surface area contributed by atoms with Gasteiger partial charge in [0.25, 0.3) is 0 Å². The van der Waals surface area contributed by atoms with Crippen molar-refractivity contribution in [2.45, 2.75) is 33.0 Å². The summed E-state index contributed by atoms with van der Waals surface area (Å²) in [5.74, 6) is -0.891. The molecule has 12 heavy (non-hydrogen) atoms. The third-order valence-corrected chi connectivity index (χ3v) is 0.856. The van der Waals surface area contributed by atoms with Gasteiger partial charge in [-0.2, -0.15) is 0 Å². The predicted molar refractivity (Wildman–Crippen MR) is 45.6 cm³/mol. The van der Waals surface area contributed by atoms with Crippen LogP contribution >= 0.6 is 0 Å². The van der Waals surface area contributed by atoms with E-state index in [4.69, 9.17) is 15.3 Å². The first-order valence-electron chi connectivity index (χ1n) is 3.76. The summed E-state index contributed by atoms with van der Waals surface area (Å²) in [6, 6.07) is 0. The summed E-state index contributed by atoms with van der Waals surface area (Å²) in [5.41, 5.74) is 0. The molecule has 0 aliphatic heterocycles. The zero-order valence-corrected chi connectivity index (χ0v) is 7.40. The highest BCUT2D eigenvalue weighted by Gasteiger charge is 1.89. The molecule has 0 saturated carbocycles. The van der Waals surface area contributed by atoms with E-state index >= 15 is 0 Å². The van der Waals surface area contributed by atoms with Gasteiger partial charge >= 0.3 is 5.97 Å². The zero-order valence-electron chi connectivity index (χ0n) is 7.40. The molecule has 0 saturated heterocycles. The number of aliphatic hydroxyl groups excluding tert-OH is 1. The first kappa shape index (κ1) is 13.7. The van der Waals surface area contributed by atoms with Crippen LogP contribution in [0.3, 0.4) is 0 Å². The van der Waals surface area contributed by atoms with Crippen LogP contribution in [0.25, 0.3) is 0 Å². The van der Waals surface area contributed by atoms with Gasteiger partial charge in [-0.25, -0.2) is 4.79 Å². The number of hydrogen-bond donors (Lipinski definition) is 3. The summed E-state index contributed by atoms with van der Waals surface area (Å²) in [5, 5.41) is 24.0. The van der Waals surface area contributed by atoms with Crippen LogP contribution < -0.4 is 0 Å². The molecule has 0 aromatic rings. The van der Waals surface area contributed by atoms with Gasteiger partial charge in [-0.15, -0.1) is 0 Å². The van der Waals surface area contributed by atoms with Crippen molar-refractivity contribution in [3.05, 3.63) is 12.2 Å². The van der Waals surface area contributed by atoms with E-state index in [1.165, 1.54) is 6.08 Å². The highest BCUT2D eigenvalue weighted by molar-refractivity contribution is 5.79. The summed E-state index contributed by atoms with van der Waals surface area (Å²) in [7, 11) is 0. The van der Waals surface area contributed by atoms with Crippen molar-refractivity contribution >= 4 is 5.97 Å². The van der Waals surface area contributed by atoms with Crippen molar-refractivity contribution in [2.75, 3.05) is 0 Å². The van der Waals surface area contributed by atoms with Gasteiger partial charge in [0.1, 0.15) is 0 Å². The average Bonchev–Trinajstić information content (AvgIpc) is 1.87. The van der Waals surface area contributed by atoms with Crippen molar-refractivity contribution in [1.29, 1.82) is 0 Å². The average molecular weight is 176 g/mol. The molecule has 72 valence electrons. The molecule has 0 aromatic heterocycles. The SMILES string of the molecule is C/C=C/C(=O)O.CCCC(O)O. The van der Waals surface area contributed by atoms with E-state index in [1.807, 2.05) is 6.92 Å². The van der Waals surface area contributed by atoms with Crippen molar-refractivity contribution in [3.8, 4) is 0 Å². The van der Waals surface area contributed by atoms with E-state index in [2.05, 4.69) is 0 Å². The third-order valence-electron chi connectivity index (χ3n) is 0.856. The molecule has 0 radical (unpaired) electrons. The van der Waals surface area contributed by atoms with Crippen LogP contribution in [0.5, 0.6) is 0 Å². The van der Waals surface area contributed by atoms with E-state index in [1.54, 1.807) is 6.92 Å². The Labute approximate surface area is 72.2 Å². The molecule has 3 N–H and O–H groups in total. The smallest absolute Gasteiger partial charge is 0.327 e. The molecule has 0 spiro atoms. The van der Waals surface area contributed by atoms with Gasteiger partial charge < -0.3 is 15.3 Å². The lowest BCUT2D eigenvalue weighted by atomic mass is 10.3. The lowest BCUT2D eigenvalue weighted by molar-refractivity contribution is -0.131. The summed E-state index contributed by atoms with van der Waals surface area (Å²) in [6.45, 7) is 3.56. The normalized spacial score (nSPS) is 9.75. The molecular formula is C8H16O4. The molecule has 0 aliphatic rings. The molecule has 4 heteroatoms. The fourth-order valence-electron chi connectivity index (χ4n) is 0.401. The maximum absolute atomic E-state index is 9.51. The second-order valence-corrected chi connectivity index (χ2v) is 2.11. The molecule has 0 atom stereocenters. The van der Waals surface area contributed by atoms with Crippen LogP contribution in [0, 0.1) is 0 Å². The van der Waals surface area contributed by atoms with Gasteiger partial charge in [-0.05, 0) is 13.3 Å². The van der Waals surface area contributed by atoms with Crippen molar-refractivity contribution in [3.63, 3.8) is 0 Å². The van der Waals surface area contributed by atoms with Crippen LogP contribution in [0.2, 0.25) is 0 Å². The van der Waals surface area contributed by atoms with Crippen LogP contribution in [0.1, 0.15) is 26.7 Å². The fraction of sp³-hybridized carbons (Fsp3) is 0.625. The van der Waals surface area contributed by atoms with Gasteiger partial charge in [-0.3, -0.25) is 0 Å². The summed E-state index contributed by atoms with van der Waals surface area (Å²) >= 11 is 0. The second-order valence-electron chi connectivity index (χ2n) is 2.11. The number of carbonyl (C=O) groups is 1. The van der Waals surface area contributed by atoms with Gasteiger partial charge in [0.05, 0.1) is 0 Å². The lowest BCUT2D eigenvalue weighted by Gasteiger charge is -1.94. The zero-order chi connectivity index (χ0) is 9.98. The summed E-state index contributed by atoms with van der Waals surface area (Å²) < 4.78 is 0. The number of allylic oxidation sites excluding steroid dienone is 1. The Morgan fingerprint density at radius 1 is 1.50 bits per heavy atom. The van der Waals surface area contributed by atoms with Crippen LogP contribution in [-0.2, 0) is 4.79 Å². The third kappa shape index (κ3) is 22.9. The molecular weight excluding hydrogens is 160 g/mol.